The number of carbonyl (C=O) groups is 2. The number of amides is 1. The average Bonchev–Trinajstić information content (AvgIpc) is 2.38. The topological polar surface area (TPSA) is 78.4 Å². The second-order valence-electron chi connectivity index (χ2n) is 5.26. The Morgan fingerprint density at radius 1 is 1.15 bits per heavy atom. The molecule has 20 heavy (non-hydrogen) atoms. The summed E-state index contributed by atoms with van der Waals surface area (Å²) in [5.41, 5.74) is 0.825. The summed E-state index contributed by atoms with van der Waals surface area (Å²) in [4.78, 5) is 23.1. The van der Waals surface area contributed by atoms with Gasteiger partial charge in [-0.05, 0) is 31.4 Å². The zero-order valence-electron chi connectivity index (χ0n) is 12.1. The van der Waals surface area contributed by atoms with E-state index in [2.05, 4.69) is 10.6 Å². The van der Waals surface area contributed by atoms with Gasteiger partial charge in [0.05, 0.1) is 0 Å². The average molecular weight is 278 g/mol. The molecule has 5 heteroatoms. The van der Waals surface area contributed by atoms with E-state index in [0.717, 1.165) is 5.69 Å². The van der Waals surface area contributed by atoms with Crippen LogP contribution in [0.3, 0.4) is 0 Å². The summed E-state index contributed by atoms with van der Waals surface area (Å²) in [6.45, 7) is 5.55. The number of hydrogen-bond acceptors (Lipinski definition) is 3. The Bertz CT molecular complexity index is 446. The molecule has 0 saturated heterocycles. The molecular weight excluding hydrogens is 256 g/mol. The molecule has 2 unspecified atom stereocenters. The maximum absolute atomic E-state index is 12.0. The molecule has 0 spiro atoms. The largest absolute Gasteiger partial charge is 0.480 e. The van der Waals surface area contributed by atoms with Crippen LogP contribution in [-0.4, -0.2) is 29.1 Å². The number of aliphatic carboxylic acids is 1. The first kappa shape index (κ1) is 16.0. The zero-order chi connectivity index (χ0) is 15.1. The fraction of sp³-hybridized carbons (Fsp3) is 0.467. The molecule has 0 aliphatic heterocycles. The first-order valence-electron chi connectivity index (χ1n) is 6.75. The smallest absolute Gasteiger partial charge is 0.326 e. The third-order valence-corrected chi connectivity index (χ3v) is 2.87. The van der Waals surface area contributed by atoms with Crippen molar-refractivity contribution < 1.29 is 14.7 Å². The zero-order valence-corrected chi connectivity index (χ0v) is 12.1. The van der Waals surface area contributed by atoms with Gasteiger partial charge in [-0.2, -0.15) is 0 Å². The van der Waals surface area contributed by atoms with E-state index in [9.17, 15) is 9.59 Å². The van der Waals surface area contributed by atoms with Gasteiger partial charge in [0.25, 0.3) is 0 Å². The van der Waals surface area contributed by atoms with Crippen molar-refractivity contribution in [2.24, 2.45) is 5.92 Å². The second kappa shape index (κ2) is 7.53. The summed E-state index contributed by atoms with van der Waals surface area (Å²) in [5, 5.41) is 14.7. The fourth-order valence-electron chi connectivity index (χ4n) is 1.84. The molecule has 0 aliphatic rings. The lowest BCUT2D eigenvalue weighted by molar-refractivity contribution is -0.142. The molecule has 2 atom stereocenters. The molecule has 0 saturated carbocycles. The molecule has 0 aromatic heterocycles. The molecule has 1 aromatic carbocycles. The van der Waals surface area contributed by atoms with Crippen LogP contribution in [0.2, 0.25) is 0 Å². The van der Waals surface area contributed by atoms with Crippen LogP contribution in [0.1, 0.15) is 27.2 Å². The fourth-order valence-corrected chi connectivity index (χ4v) is 1.84. The predicted molar refractivity (Wildman–Crippen MR) is 78.5 cm³/mol. The van der Waals surface area contributed by atoms with Crippen LogP contribution in [0.4, 0.5) is 5.69 Å². The van der Waals surface area contributed by atoms with Crippen LogP contribution in [0.5, 0.6) is 0 Å². The Balaban J connectivity index is 2.57. The Morgan fingerprint density at radius 3 is 2.25 bits per heavy atom. The Labute approximate surface area is 119 Å². The molecule has 1 rings (SSSR count). The van der Waals surface area contributed by atoms with E-state index < -0.39 is 18.1 Å². The van der Waals surface area contributed by atoms with Crippen LogP contribution in [0.15, 0.2) is 30.3 Å². The van der Waals surface area contributed by atoms with E-state index in [-0.39, 0.29) is 11.8 Å². The van der Waals surface area contributed by atoms with Gasteiger partial charge in [-0.3, -0.25) is 4.79 Å². The highest BCUT2D eigenvalue weighted by atomic mass is 16.4. The molecule has 0 heterocycles. The summed E-state index contributed by atoms with van der Waals surface area (Å²) >= 11 is 0. The number of rotatable bonds is 7. The van der Waals surface area contributed by atoms with Gasteiger partial charge in [-0.25, -0.2) is 4.79 Å². The summed E-state index contributed by atoms with van der Waals surface area (Å²) in [5.74, 6) is -1.12. The van der Waals surface area contributed by atoms with Gasteiger partial charge in [0.15, 0.2) is 0 Å². The van der Waals surface area contributed by atoms with Crippen molar-refractivity contribution >= 4 is 17.6 Å². The lowest BCUT2D eigenvalue weighted by Crippen LogP contribution is -2.47. The first-order chi connectivity index (χ1) is 9.40. The van der Waals surface area contributed by atoms with E-state index >= 15 is 0 Å². The van der Waals surface area contributed by atoms with Crippen molar-refractivity contribution in [3.8, 4) is 0 Å². The molecule has 1 amide bonds. The van der Waals surface area contributed by atoms with Gasteiger partial charge >= 0.3 is 5.97 Å². The van der Waals surface area contributed by atoms with Gasteiger partial charge in [-0.1, -0.05) is 32.0 Å². The highest BCUT2D eigenvalue weighted by molar-refractivity contribution is 5.88. The quantitative estimate of drug-likeness (QED) is 0.713. The number of anilines is 1. The van der Waals surface area contributed by atoms with E-state index in [1.54, 1.807) is 6.92 Å². The molecule has 0 aliphatic carbocycles. The van der Waals surface area contributed by atoms with Gasteiger partial charge in [-0.15, -0.1) is 0 Å². The maximum Gasteiger partial charge on any atom is 0.326 e. The van der Waals surface area contributed by atoms with E-state index in [0.29, 0.717) is 6.42 Å². The minimum absolute atomic E-state index is 0.203. The number of carboxylic acid groups (broad SMARTS) is 1. The number of hydrogen-bond donors (Lipinski definition) is 3. The lowest BCUT2D eigenvalue weighted by atomic mass is 10.0. The van der Waals surface area contributed by atoms with Crippen molar-refractivity contribution in [2.75, 3.05) is 5.32 Å². The highest BCUT2D eigenvalue weighted by Gasteiger charge is 2.23. The van der Waals surface area contributed by atoms with Gasteiger partial charge in [0.1, 0.15) is 12.1 Å². The highest BCUT2D eigenvalue weighted by Crippen LogP contribution is 2.08. The second-order valence-corrected chi connectivity index (χ2v) is 5.26. The number of carbonyl (C=O) groups excluding carboxylic acids is 1. The molecular formula is C15H22N2O3. The first-order valence-corrected chi connectivity index (χ1v) is 6.75. The predicted octanol–water partition coefficient (Wildman–Crippen LogP) is 2.10. The Morgan fingerprint density at radius 2 is 1.75 bits per heavy atom. The van der Waals surface area contributed by atoms with Crippen LogP contribution in [0, 0.1) is 5.92 Å². The summed E-state index contributed by atoms with van der Waals surface area (Å²) in [6, 6.07) is 7.99. The van der Waals surface area contributed by atoms with E-state index in [1.807, 2.05) is 44.2 Å². The van der Waals surface area contributed by atoms with Gasteiger partial charge < -0.3 is 15.7 Å². The lowest BCUT2D eigenvalue weighted by Gasteiger charge is -2.20. The minimum Gasteiger partial charge on any atom is -0.480 e. The molecule has 1 aromatic rings. The van der Waals surface area contributed by atoms with Crippen molar-refractivity contribution in [3.63, 3.8) is 0 Å². The maximum atomic E-state index is 12.0. The third kappa shape index (κ3) is 5.30. The number of nitrogens with one attached hydrogen (secondary N) is 2. The Kier molecular flexibility index (Phi) is 6.03. The van der Waals surface area contributed by atoms with Crippen molar-refractivity contribution in [1.29, 1.82) is 0 Å². The van der Waals surface area contributed by atoms with Crippen LogP contribution in [-0.2, 0) is 9.59 Å². The summed E-state index contributed by atoms with van der Waals surface area (Å²) in [6.07, 6.45) is 0.416. The monoisotopic (exact) mass is 278 g/mol. The summed E-state index contributed by atoms with van der Waals surface area (Å²) in [7, 11) is 0. The standard InChI is InChI=1S/C15H22N2O3/c1-10(2)9-13(15(19)20)17-14(18)11(3)16-12-7-5-4-6-8-12/h4-8,10-11,13,16H,9H2,1-3H3,(H,17,18)(H,19,20). The van der Waals surface area contributed by atoms with Gasteiger partial charge in [0, 0.05) is 5.69 Å². The number of benzene rings is 1. The molecule has 110 valence electrons. The van der Waals surface area contributed by atoms with Crippen molar-refractivity contribution in [1.82, 2.24) is 5.32 Å². The Hall–Kier alpha value is -2.04. The van der Waals surface area contributed by atoms with Crippen molar-refractivity contribution in [3.05, 3.63) is 30.3 Å². The van der Waals surface area contributed by atoms with Crippen LogP contribution in [0.25, 0.3) is 0 Å². The van der Waals surface area contributed by atoms with Crippen molar-refractivity contribution in [2.45, 2.75) is 39.3 Å². The normalized spacial score (nSPS) is 13.6. The van der Waals surface area contributed by atoms with E-state index in [4.69, 9.17) is 5.11 Å². The van der Waals surface area contributed by atoms with Gasteiger partial charge in [0.2, 0.25) is 5.91 Å². The molecule has 0 bridgehead atoms. The number of carboxylic acids is 1. The molecule has 0 fully saturated rings. The number of para-hydroxylation sites is 1. The molecule has 3 N–H and O–H groups in total. The molecule has 5 nitrogen and oxygen atoms in total. The van der Waals surface area contributed by atoms with Crippen LogP contribution < -0.4 is 10.6 Å². The minimum atomic E-state index is -1.00. The molecule has 0 radical (unpaired) electrons. The third-order valence-electron chi connectivity index (χ3n) is 2.87. The van der Waals surface area contributed by atoms with E-state index in [1.165, 1.54) is 0 Å². The summed E-state index contributed by atoms with van der Waals surface area (Å²) < 4.78 is 0. The van der Waals surface area contributed by atoms with Crippen LogP contribution >= 0.6 is 0 Å². The SMILES string of the molecule is CC(C)CC(NC(=O)C(C)Nc1ccccc1)C(=O)O.